The van der Waals surface area contributed by atoms with Crippen molar-refractivity contribution in [1.82, 2.24) is 0 Å². The van der Waals surface area contributed by atoms with Gasteiger partial charge in [0.05, 0.1) is 0 Å². The lowest BCUT2D eigenvalue weighted by atomic mass is 9.99. The monoisotopic (exact) mass is 229 g/mol. The second-order valence-corrected chi connectivity index (χ2v) is 4.24. The first-order valence-corrected chi connectivity index (χ1v) is 5.76. The van der Waals surface area contributed by atoms with Gasteiger partial charge < -0.3 is 5.73 Å². The fourth-order valence-electron chi connectivity index (χ4n) is 1.87. The molecule has 0 saturated heterocycles. The molecule has 2 heteroatoms. The van der Waals surface area contributed by atoms with E-state index in [4.69, 9.17) is 5.73 Å². The summed E-state index contributed by atoms with van der Waals surface area (Å²) in [5.74, 6) is -0.218. The Hall–Kier alpha value is -1.83. The molecule has 0 atom stereocenters. The zero-order valence-electron chi connectivity index (χ0n) is 10.1. The van der Waals surface area contributed by atoms with Gasteiger partial charge in [0.15, 0.2) is 0 Å². The summed E-state index contributed by atoms with van der Waals surface area (Å²) in [7, 11) is 0. The van der Waals surface area contributed by atoms with Crippen LogP contribution in [0.1, 0.15) is 18.1 Å². The fourth-order valence-corrected chi connectivity index (χ4v) is 1.87. The lowest BCUT2D eigenvalue weighted by molar-refractivity contribution is 0.630. The molecule has 0 aliphatic carbocycles. The number of anilines is 1. The Morgan fingerprint density at radius 2 is 1.94 bits per heavy atom. The highest BCUT2D eigenvalue weighted by Gasteiger charge is 2.08. The van der Waals surface area contributed by atoms with Crippen molar-refractivity contribution in [2.24, 2.45) is 0 Å². The van der Waals surface area contributed by atoms with E-state index in [2.05, 4.69) is 6.92 Å². The minimum absolute atomic E-state index is 0.218. The number of aryl methyl sites for hydroxylation is 2. The van der Waals surface area contributed by atoms with E-state index in [-0.39, 0.29) is 5.82 Å². The third kappa shape index (κ3) is 2.31. The highest BCUT2D eigenvalue weighted by Crippen LogP contribution is 2.27. The molecular formula is C15H16FN. The first-order chi connectivity index (χ1) is 8.11. The van der Waals surface area contributed by atoms with Gasteiger partial charge in [0.2, 0.25) is 0 Å². The predicted octanol–water partition coefficient (Wildman–Crippen LogP) is 3.95. The van der Waals surface area contributed by atoms with Crippen LogP contribution in [-0.4, -0.2) is 0 Å². The molecule has 0 aliphatic rings. The van der Waals surface area contributed by atoms with Crippen LogP contribution in [0.2, 0.25) is 0 Å². The summed E-state index contributed by atoms with van der Waals surface area (Å²) in [6.45, 7) is 3.89. The van der Waals surface area contributed by atoms with E-state index in [1.54, 1.807) is 6.07 Å². The molecule has 2 N–H and O–H groups in total. The number of hydrogen-bond acceptors (Lipinski definition) is 1. The van der Waals surface area contributed by atoms with Crippen molar-refractivity contribution in [1.29, 1.82) is 0 Å². The van der Waals surface area contributed by atoms with Crippen LogP contribution in [0.5, 0.6) is 0 Å². The number of rotatable bonds is 2. The van der Waals surface area contributed by atoms with E-state index < -0.39 is 0 Å². The minimum Gasteiger partial charge on any atom is -0.398 e. The molecule has 2 aromatic rings. The molecule has 2 aromatic carbocycles. The van der Waals surface area contributed by atoms with Crippen molar-refractivity contribution >= 4 is 5.69 Å². The van der Waals surface area contributed by atoms with Crippen molar-refractivity contribution in [2.45, 2.75) is 20.3 Å². The van der Waals surface area contributed by atoms with Crippen LogP contribution in [0.4, 0.5) is 10.1 Å². The standard InChI is InChI=1S/C15H16FN/c1-3-11-5-4-6-12(8-11)13-9-15(17)10(2)7-14(13)16/h4-9H,3,17H2,1-2H3. The van der Waals surface area contributed by atoms with Crippen LogP contribution in [0.3, 0.4) is 0 Å². The van der Waals surface area contributed by atoms with Crippen LogP contribution in [0.25, 0.3) is 11.1 Å². The van der Waals surface area contributed by atoms with Gasteiger partial charge in [0.25, 0.3) is 0 Å². The van der Waals surface area contributed by atoms with E-state index in [0.29, 0.717) is 11.3 Å². The number of hydrogen-bond donors (Lipinski definition) is 1. The van der Waals surface area contributed by atoms with E-state index in [0.717, 1.165) is 17.5 Å². The van der Waals surface area contributed by atoms with E-state index in [1.165, 1.54) is 11.6 Å². The quantitative estimate of drug-likeness (QED) is 0.775. The number of benzene rings is 2. The molecule has 17 heavy (non-hydrogen) atoms. The lowest BCUT2D eigenvalue weighted by Crippen LogP contribution is -1.94. The Balaban J connectivity index is 2.56. The van der Waals surface area contributed by atoms with Crippen molar-refractivity contribution in [3.8, 4) is 11.1 Å². The van der Waals surface area contributed by atoms with Crippen molar-refractivity contribution in [3.63, 3.8) is 0 Å². The van der Waals surface area contributed by atoms with Gasteiger partial charge >= 0.3 is 0 Å². The maximum absolute atomic E-state index is 13.9. The Morgan fingerprint density at radius 3 is 2.65 bits per heavy atom. The molecule has 88 valence electrons. The van der Waals surface area contributed by atoms with Gasteiger partial charge in [0, 0.05) is 11.3 Å². The SMILES string of the molecule is CCc1cccc(-c2cc(N)c(C)cc2F)c1. The maximum atomic E-state index is 13.9. The number of nitrogens with two attached hydrogens (primary N) is 1. The van der Waals surface area contributed by atoms with E-state index >= 15 is 0 Å². The summed E-state index contributed by atoms with van der Waals surface area (Å²) in [4.78, 5) is 0. The largest absolute Gasteiger partial charge is 0.398 e. The summed E-state index contributed by atoms with van der Waals surface area (Å²) in [6.07, 6.45) is 0.941. The second kappa shape index (κ2) is 4.58. The number of nitrogen functional groups attached to an aromatic ring is 1. The molecule has 1 nitrogen and oxygen atoms in total. The van der Waals surface area contributed by atoms with Crippen molar-refractivity contribution in [2.75, 3.05) is 5.73 Å². The molecule has 0 spiro atoms. The van der Waals surface area contributed by atoms with Crippen LogP contribution in [-0.2, 0) is 6.42 Å². The molecular weight excluding hydrogens is 213 g/mol. The van der Waals surface area contributed by atoms with Gasteiger partial charge in [-0.2, -0.15) is 0 Å². The highest BCUT2D eigenvalue weighted by molar-refractivity contribution is 5.70. The van der Waals surface area contributed by atoms with Gasteiger partial charge in [-0.3, -0.25) is 0 Å². The Morgan fingerprint density at radius 1 is 1.18 bits per heavy atom. The topological polar surface area (TPSA) is 26.0 Å². The van der Waals surface area contributed by atoms with Gasteiger partial charge in [-0.1, -0.05) is 31.2 Å². The first-order valence-electron chi connectivity index (χ1n) is 5.76. The molecule has 2 rings (SSSR count). The molecule has 0 bridgehead atoms. The predicted molar refractivity (Wildman–Crippen MR) is 70.4 cm³/mol. The summed E-state index contributed by atoms with van der Waals surface area (Å²) in [6, 6.07) is 11.1. The minimum atomic E-state index is -0.218. The molecule has 0 aliphatic heterocycles. The summed E-state index contributed by atoms with van der Waals surface area (Å²) in [5.41, 5.74) is 9.89. The Kier molecular flexibility index (Phi) is 3.14. The molecule has 0 aromatic heterocycles. The van der Waals surface area contributed by atoms with E-state index in [1.807, 2.05) is 31.2 Å². The van der Waals surface area contributed by atoms with Crippen LogP contribution < -0.4 is 5.73 Å². The Bertz CT molecular complexity index is 547. The van der Waals surface area contributed by atoms with E-state index in [9.17, 15) is 4.39 Å². The first kappa shape index (κ1) is 11.6. The lowest BCUT2D eigenvalue weighted by Gasteiger charge is -2.08. The molecule has 0 unspecified atom stereocenters. The van der Waals surface area contributed by atoms with Crippen LogP contribution in [0, 0.1) is 12.7 Å². The van der Waals surface area contributed by atoms with Crippen LogP contribution >= 0.6 is 0 Å². The second-order valence-electron chi connectivity index (χ2n) is 4.24. The normalized spacial score (nSPS) is 10.5. The third-order valence-corrected chi connectivity index (χ3v) is 3.00. The fraction of sp³-hybridized carbons (Fsp3) is 0.200. The third-order valence-electron chi connectivity index (χ3n) is 3.00. The molecule has 0 fully saturated rings. The summed E-state index contributed by atoms with van der Waals surface area (Å²) < 4.78 is 13.9. The molecule has 0 amide bonds. The van der Waals surface area contributed by atoms with Gasteiger partial charge in [-0.15, -0.1) is 0 Å². The smallest absolute Gasteiger partial charge is 0.131 e. The van der Waals surface area contributed by atoms with Crippen LogP contribution in [0.15, 0.2) is 36.4 Å². The number of halogens is 1. The highest BCUT2D eigenvalue weighted by atomic mass is 19.1. The average Bonchev–Trinajstić information content (AvgIpc) is 2.34. The molecule has 0 saturated carbocycles. The summed E-state index contributed by atoms with van der Waals surface area (Å²) in [5, 5.41) is 0. The average molecular weight is 229 g/mol. The van der Waals surface area contributed by atoms with Gasteiger partial charge in [-0.05, 0) is 42.2 Å². The zero-order valence-corrected chi connectivity index (χ0v) is 10.1. The zero-order chi connectivity index (χ0) is 12.4. The summed E-state index contributed by atoms with van der Waals surface area (Å²) >= 11 is 0. The maximum Gasteiger partial charge on any atom is 0.131 e. The Labute approximate surface area is 101 Å². The van der Waals surface area contributed by atoms with Crippen molar-refractivity contribution < 1.29 is 4.39 Å². The molecule has 0 radical (unpaired) electrons. The van der Waals surface area contributed by atoms with Crippen molar-refractivity contribution in [3.05, 3.63) is 53.3 Å². The van der Waals surface area contributed by atoms with Gasteiger partial charge in [-0.25, -0.2) is 4.39 Å². The molecule has 0 heterocycles. The van der Waals surface area contributed by atoms with Gasteiger partial charge in [0.1, 0.15) is 5.82 Å².